The molecule has 0 aliphatic carbocycles. The topological polar surface area (TPSA) is 65.5 Å². The van der Waals surface area contributed by atoms with Crippen molar-refractivity contribution in [1.29, 1.82) is 0 Å². The zero-order valence-corrected chi connectivity index (χ0v) is 13.8. The van der Waals surface area contributed by atoms with Crippen LogP contribution >= 0.6 is 0 Å². The van der Waals surface area contributed by atoms with E-state index in [-0.39, 0.29) is 0 Å². The average molecular weight is 313 g/mol. The second-order valence-electron chi connectivity index (χ2n) is 5.92. The van der Waals surface area contributed by atoms with Crippen LogP contribution in [0.1, 0.15) is 35.3 Å². The highest BCUT2D eigenvalue weighted by Gasteiger charge is 2.06. The number of carboxylic acids is 1. The molecule has 0 saturated heterocycles. The van der Waals surface area contributed by atoms with Crippen molar-refractivity contribution in [3.63, 3.8) is 0 Å². The number of hydrogen-bond donors (Lipinski definition) is 2. The van der Waals surface area contributed by atoms with E-state index in [4.69, 9.17) is 5.11 Å². The normalized spacial score (nSPS) is 10.8. The maximum atomic E-state index is 10.9. The largest absolute Gasteiger partial charge is 0.478 e. The number of aromatic carboxylic acids is 1. The van der Waals surface area contributed by atoms with Gasteiger partial charge in [0.2, 0.25) is 0 Å². The van der Waals surface area contributed by atoms with E-state index < -0.39 is 5.97 Å². The van der Waals surface area contributed by atoms with E-state index in [1.165, 1.54) is 0 Å². The molecular weight excluding hydrogens is 290 g/mol. The molecule has 1 aromatic carbocycles. The van der Waals surface area contributed by atoms with Crippen LogP contribution in [0.25, 0.3) is 0 Å². The van der Waals surface area contributed by atoms with E-state index in [1.807, 2.05) is 36.3 Å². The summed E-state index contributed by atoms with van der Waals surface area (Å²) in [6.45, 7) is 5.72. The van der Waals surface area contributed by atoms with Gasteiger partial charge in [0, 0.05) is 32.4 Å². The molecule has 0 atom stereocenters. The van der Waals surface area contributed by atoms with Crippen LogP contribution in [-0.2, 0) is 13.1 Å². The molecule has 5 heteroatoms. The van der Waals surface area contributed by atoms with Gasteiger partial charge in [-0.15, -0.1) is 0 Å². The summed E-state index contributed by atoms with van der Waals surface area (Å²) in [5, 5.41) is 12.3. The molecule has 0 amide bonds. The Kier molecular flexibility index (Phi) is 5.71. The lowest BCUT2D eigenvalue weighted by atomic mass is 10.1. The van der Waals surface area contributed by atoms with E-state index in [0.717, 1.165) is 23.5 Å². The van der Waals surface area contributed by atoms with Gasteiger partial charge in [-0.2, -0.15) is 0 Å². The second kappa shape index (κ2) is 7.74. The smallest absolute Gasteiger partial charge is 0.335 e. The standard InChI is InChI=1S/C18H23N3O2/c1-13(2)19-10-15-6-9-17(20-11-15)21(3)12-14-4-7-16(8-5-14)18(22)23/h4-9,11,13,19H,10,12H2,1-3H3,(H,22,23). The molecule has 0 bridgehead atoms. The molecule has 0 saturated carbocycles. The highest BCUT2D eigenvalue weighted by atomic mass is 16.4. The van der Waals surface area contributed by atoms with Gasteiger partial charge in [-0.25, -0.2) is 9.78 Å². The second-order valence-corrected chi connectivity index (χ2v) is 5.92. The third-order valence-corrected chi connectivity index (χ3v) is 3.54. The number of nitrogens with one attached hydrogen (secondary N) is 1. The maximum absolute atomic E-state index is 10.9. The van der Waals surface area contributed by atoms with Gasteiger partial charge in [0.25, 0.3) is 0 Å². The molecule has 2 aromatic rings. The van der Waals surface area contributed by atoms with Crippen molar-refractivity contribution >= 4 is 11.8 Å². The van der Waals surface area contributed by atoms with Gasteiger partial charge < -0.3 is 15.3 Å². The van der Waals surface area contributed by atoms with Crippen molar-refractivity contribution in [2.24, 2.45) is 0 Å². The van der Waals surface area contributed by atoms with Crippen LogP contribution in [0.15, 0.2) is 42.6 Å². The minimum absolute atomic E-state index is 0.302. The number of carboxylic acid groups (broad SMARTS) is 1. The molecule has 2 N–H and O–H groups in total. The molecule has 1 heterocycles. The van der Waals surface area contributed by atoms with E-state index in [1.54, 1.807) is 12.1 Å². The summed E-state index contributed by atoms with van der Waals surface area (Å²) in [5.74, 6) is -0.0159. The molecule has 2 rings (SSSR count). The lowest BCUT2D eigenvalue weighted by Gasteiger charge is -2.18. The van der Waals surface area contributed by atoms with Crippen molar-refractivity contribution < 1.29 is 9.90 Å². The first-order chi connectivity index (χ1) is 11.0. The number of carbonyl (C=O) groups is 1. The molecule has 0 unspecified atom stereocenters. The van der Waals surface area contributed by atoms with E-state index >= 15 is 0 Å². The number of nitrogens with zero attached hydrogens (tertiary/aromatic N) is 2. The molecule has 23 heavy (non-hydrogen) atoms. The van der Waals surface area contributed by atoms with Crippen LogP contribution < -0.4 is 10.2 Å². The zero-order valence-electron chi connectivity index (χ0n) is 13.8. The third kappa shape index (κ3) is 5.07. The van der Waals surface area contributed by atoms with Crippen LogP contribution in [0.4, 0.5) is 5.82 Å². The predicted octanol–water partition coefficient (Wildman–Crippen LogP) is 2.91. The molecule has 0 aliphatic rings. The van der Waals surface area contributed by atoms with Crippen LogP contribution in [0.2, 0.25) is 0 Å². The van der Waals surface area contributed by atoms with E-state index in [0.29, 0.717) is 18.2 Å². The molecule has 5 nitrogen and oxygen atoms in total. The Bertz CT molecular complexity index is 636. The van der Waals surface area contributed by atoms with Gasteiger partial charge in [0.1, 0.15) is 5.82 Å². The Labute approximate surface area is 137 Å². The average Bonchev–Trinajstić information content (AvgIpc) is 2.54. The molecule has 0 spiro atoms. The van der Waals surface area contributed by atoms with Crippen LogP contribution in [0, 0.1) is 0 Å². The quantitative estimate of drug-likeness (QED) is 0.823. The lowest BCUT2D eigenvalue weighted by Crippen LogP contribution is -2.22. The van der Waals surface area contributed by atoms with Gasteiger partial charge >= 0.3 is 5.97 Å². The Morgan fingerprint density at radius 1 is 1.17 bits per heavy atom. The first-order valence-electron chi connectivity index (χ1n) is 7.67. The van der Waals surface area contributed by atoms with Crippen molar-refractivity contribution in [3.8, 4) is 0 Å². The van der Waals surface area contributed by atoms with Gasteiger partial charge in [-0.3, -0.25) is 0 Å². The molecule has 0 radical (unpaired) electrons. The van der Waals surface area contributed by atoms with Crippen molar-refractivity contribution in [1.82, 2.24) is 10.3 Å². The Hall–Kier alpha value is -2.40. The monoisotopic (exact) mass is 313 g/mol. The van der Waals surface area contributed by atoms with Gasteiger partial charge in [0.15, 0.2) is 0 Å². The first kappa shape index (κ1) is 17.0. The molecule has 122 valence electrons. The molecule has 0 aliphatic heterocycles. The summed E-state index contributed by atoms with van der Waals surface area (Å²) >= 11 is 0. The lowest BCUT2D eigenvalue weighted by molar-refractivity contribution is 0.0697. The van der Waals surface area contributed by atoms with Crippen molar-refractivity contribution in [2.75, 3.05) is 11.9 Å². The van der Waals surface area contributed by atoms with Gasteiger partial charge in [0.05, 0.1) is 5.56 Å². The number of benzene rings is 1. The van der Waals surface area contributed by atoms with Crippen LogP contribution in [-0.4, -0.2) is 29.1 Å². The SMILES string of the molecule is CC(C)NCc1ccc(N(C)Cc2ccc(C(=O)O)cc2)nc1. The maximum Gasteiger partial charge on any atom is 0.335 e. The minimum atomic E-state index is -0.905. The first-order valence-corrected chi connectivity index (χ1v) is 7.67. The molecule has 0 fully saturated rings. The fourth-order valence-electron chi connectivity index (χ4n) is 2.18. The number of hydrogen-bond acceptors (Lipinski definition) is 4. The van der Waals surface area contributed by atoms with Gasteiger partial charge in [-0.1, -0.05) is 32.0 Å². The Balaban J connectivity index is 1.97. The fraction of sp³-hybridized carbons (Fsp3) is 0.333. The summed E-state index contributed by atoms with van der Waals surface area (Å²) in [4.78, 5) is 17.4. The molecular formula is C18H23N3O2. The van der Waals surface area contributed by atoms with Crippen molar-refractivity contribution in [2.45, 2.75) is 33.0 Å². The summed E-state index contributed by atoms with van der Waals surface area (Å²) in [6, 6.07) is 11.4. The minimum Gasteiger partial charge on any atom is -0.478 e. The number of pyridine rings is 1. The molecule has 1 aromatic heterocycles. The highest BCUT2D eigenvalue weighted by Crippen LogP contribution is 2.14. The third-order valence-electron chi connectivity index (χ3n) is 3.54. The zero-order chi connectivity index (χ0) is 16.8. The van der Waals surface area contributed by atoms with E-state index in [9.17, 15) is 4.79 Å². The number of rotatable bonds is 7. The van der Waals surface area contributed by atoms with E-state index in [2.05, 4.69) is 30.2 Å². The Morgan fingerprint density at radius 2 is 1.83 bits per heavy atom. The number of anilines is 1. The van der Waals surface area contributed by atoms with Crippen LogP contribution in [0.5, 0.6) is 0 Å². The van der Waals surface area contributed by atoms with Crippen molar-refractivity contribution in [3.05, 3.63) is 59.3 Å². The van der Waals surface area contributed by atoms with Crippen LogP contribution in [0.3, 0.4) is 0 Å². The number of aromatic nitrogens is 1. The summed E-state index contributed by atoms with van der Waals surface area (Å²) < 4.78 is 0. The Morgan fingerprint density at radius 3 is 2.35 bits per heavy atom. The predicted molar refractivity (Wildman–Crippen MR) is 91.7 cm³/mol. The summed E-state index contributed by atoms with van der Waals surface area (Å²) in [6.07, 6.45) is 1.88. The fourth-order valence-corrected chi connectivity index (χ4v) is 2.18. The highest BCUT2D eigenvalue weighted by molar-refractivity contribution is 5.87. The summed E-state index contributed by atoms with van der Waals surface area (Å²) in [5.41, 5.74) is 2.50. The summed E-state index contributed by atoms with van der Waals surface area (Å²) in [7, 11) is 1.97. The van der Waals surface area contributed by atoms with Gasteiger partial charge in [-0.05, 0) is 29.3 Å².